The molecule has 4 heteroatoms. The quantitative estimate of drug-likeness (QED) is 0.867. The second-order valence-electron chi connectivity index (χ2n) is 6.92. The summed E-state index contributed by atoms with van der Waals surface area (Å²) in [5.74, 6) is 1.75. The zero-order chi connectivity index (χ0) is 16.4. The lowest BCUT2D eigenvalue weighted by atomic mass is 9.83. The number of likely N-dealkylation sites (tertiary alicyclic amines) is 1. The van der Waals surface area contributed by atoms with E-state index in [4.69, 9.17) is 4.98 Å². The van der Waals surface area contributed by atoms with E-state index in [9.17, 15) is 4.79 Å². The number of rotatable bonds is 3. The van der Waals surface area contributed by atoms with E-state index in [1.54, 1.807) is 0 Å². The molecule has 2 fully saturated rings. The minimum absolute atomic E-state index is 0.286. The van der Waals surface area contributed by atoms with Gasteiger partial charge in [0.2, 0.25) is 5.91 Å². The zero-order valence-electron chi connectivity index (χ0n) is 13.9. The topological polar surface area (TPSA) is 46.1 Å². The van der Waals surface area contributed by atoms with Gasteiger partial charge in [0.05, 0.1) is 0 Å². The van der Waals surface area contributed by atoms with E-state index in [2.05, 4.69) is 9.88 Å². The van der Waals surface area contributed by atoms with E-state index in [0.717, 1.165) is 55.9 Å². The van der Waals surface area contributed by atoms with E-state index < -0.39 is 0 Å². The summed E-state index contributed by atoms with van der Waals surface area (Å²) in [6.45, 7) is 1.71. The van der Waals surface area contributed by atoms with Gasteiger partial charge in [-0.3, -0.25) is 4.79 Å². The highest BCUT2D eigenvalue weighted by molar-refractivity contribution is 5.79. The summed E-state index contributed by atoms with van der Waals surface area (Å²) in [7, 11) is 0. The first kappa shape index (κ1) is 15.3. The molecule has 1 unspecified atom stereocenters. The molecule has 4 nitrogen and oxygen atoms in total. The molecule has 2 aliphatic rings. The fraction of sp³-hybridized carbons (Fsp3) is 0.450. The Balaban J connectivity index is 1.52. The lowest BCUT2D eigenvalue weighted by Gasteiger charge is -2.37. The molecule has 0 bridgehead atoms. The van der Waals surface area contributed by atoms with Gasteiger partial charge in [-0.25, -0.2) is 9.97 Å². The third-order valence-corrected chi connectivity index (χ3v) is 5.31. The van der Waals surface area contributed by atoms with E-state index in [1.807, 2.05) is 42.6 Å². The Labute approximate surface area is 142 Å². The lowest BCUT2D eigenvalue weighted by Crippen LogP contribution is -2.44. The molecule has 0 radical (unpaired) electrons. The number of aromatic nitrogens is 2. The maximum absolute atomic E-state index is 12.5. The fourth-order valence-corrected chi connectivity index (χ4v) is 3.66. The fourth-order valence-electron chi connectivity index (χ4n) is 3.66. The van der Waals surface area contributed by atoms with E-state index in [1.165, 1.54) is 6.42 Å². The number of hydrogen-bond donors (Lipinski definition) is 0. The van der Waals surface area contributed by atoms with Gasteiger partial charge in [0.15, 0.2) is 5.82 Å². The molecule has 24 heavy (non-hydrogen) atoms. The van der Waals surface area contributed by atoms with Crippen LogP contribution >= 0.6 is 0 Å². The Bertz CT molecular complexity index is 712. The van der Waals surface area contributed by atoms with Gasteiger partial charge in [0.1, 0.15) is 0 Å². The largest absolute Gasteiger partial charge is 0.342 e. The number of carbonyl (C=O) groups excluding carboxylic acids is 1. The van der Waals surface area contributed by atoms with Gasteiger partial charge in [-0.15, -0.1) is 0 Å². The molecule has 124 valence electrons. The number of benzene rings is 1. The summed E-state index contributed by atoms with van der Waals surface area (Å²) in [6.07, 6.45) is 7.36. The number of piperidine rings is 1. The van der Waals surface area contributed by atoms with Crippen molar-refractivity contribution in [1.29, 1.82) is 0 Å². The van der Waals surface area contributed by atoms with Crippen LogP contribution in [-0.4, -0.2) is 33.9 Å². The van der Waals surface area contributed by atoms with Crippen LogP contribution in [0.5, 0.6) is 0 Å². The molecule has 1 aromatic heterocycles. The molecule has 1 saturated carbocycles. The maximum Gasteiger partial charge on any atom is 0.225 e. The van der Waals surface area contributed by atoms with Gasteiger partial charge in [-0.05, 0) is 31.7 Å². The van der Waals surface area contributed by atoms with Crippen molar-refractivity contribution < 1.29 is 4.79 Å². The Hall–Kier alpha value is -2.23. The van der Waals surface area contributed by atoms with Crippen molar-refractivity contribution in [3.8, 4) is 11.4 Å². The standard InChI is InChI=1S/C20H23N3O/c24-20(16-8-4-9-16)23-13-5-10-17(14-23)18-11-12-21-19(22-18)15-6-2-1-3-7-15/h1-3,6-7,11-12,16-17H,4-5,8-10,13-14H2. The highest BCUT2D eigenvalue weighted by Gasteiger charge is 2.32. The minimum atomic E-state index is 0.286. The van der Waals surface area contributed by atoms with Crippen molar-refractivity contribution in [3.63, 3.8) is 0 Å². The third kappa shape index (κ3) is 3.05. The Morgan fingerprint density at radius 3 is 2.62 bits per heavy atom. The van der Waals surface area contributed by atoms with Crippen LogP contribution in [0.1, 0.15) is 43.7 Å². The van der Waals surface area contributed by atoms with Crippen LogP contribution in [0.2, 0.25) is 0 Å². The highest BCUT2D eigenvalue weighted by Crippen LogP contribution is 2.32. The van der Waals surface area contributed by atoms with Gasteiger partial charge >= 0.3 is 0 Å². The van der Waals surface area contributed by atoms with E-state index in [-0.39, 0.29) is 5.92 Å². The second-order valence-corrected chi connectivity index (χ2v) is 6.92. The van der Waals surface area contributed by atoms with Crippen LogP contribution < -0.4 is 0 Å². The Kier molecular flexibility index (Phi) is 4.28. The first-order valence-corrected chi connectivity index (χ1v) is 8.98. The normalized spacial score (nSPS) is 21.3. The van der Waals surface area contributed by atoms with Crippen molar-refractivity contribution >= 4 is 5.91 Å². The minimum Gasteiger partial charge on any atom is -0.342 e. The van der Waals surface area contributed by atoms with Crippen molar-refractivity contribution in [3.05, 3.63) is 48.3 Å². The van der Waals surface area contributed by atoms with Gasteiger partial charge < -0.3 is 4.90 Å². The SMILES string of the molecule is O=C(C1CCC1)N1CCCC(c2ccnc(-c3ccccc3)n2)C1. The molecule has 2 heterocycles. The average Bonchev–Trinajstić information content (AvgIpc) is 2.61. The molecule has 1 aromatic carbocycles. The highest BCUT2D eigenvalue weighted by atomic mass is 16.2. The van der Waals surface area contributed by atoms with Crippen molar-refractivity contribution in [2.75, 3.05) is 13.1 Å². The first-order valence-electron chi connectivity index (χ1n) is 8.98. The number of amides is 1. The first-order chi connectivity index (χ1) is 11.8. The maximum atomic E-state index is 12.5. The number of nitrogens with zero attached hydrogens (tertiary/aromatic N) is 3. The van der Waals surface area contributed by atoms with Crippen molar-refractivity contribution in [2.45, 2.75) is 38.0 Å². The van der Waals surface area contributed by atoms with Gasteiger partial charge in [0.25, 0.3) is 0 Å². The molecule has 1 aliphatic carbocycles. The zero-order valence-corrected chi connectivity index (χ0v) is 13.9. The lowest BCUT2D eigenvalue weighted by molar-refractivity contribution is -0.139. The average molecular weight is 321 g/mol. The van der Waals surface area contributed by atoms with Crippen LogP contribution in [0.3, 0.4) is 0 Å². The molecule has 1 amide bonds. The summed E-state index contributed by atoms with van der Waals surface area (Å²) in [5, 5.41) is 0. The third-order valence-electron chi connectivity index (χ3n) is 5.31. The number of carbonyl (C=O) groups is 1. The van der Waals surface area contributed by atoms with Crippen LogP contribution in [-0.2, 0) is 4.79 Å². The molecular weight excluding hydrogens is 298 g/mol. The summed E-state index contributed by atoms with van der Waals surface area (Å²) >= 11 is 0. The molecule has 4 rings (SSSR count). The number of hydrogen-bond acceptors (Lipinski definition) is 3. The van der Waals surface area contributed by atoms with Crippen LogP contribution in [0.25, 0.3) is 11.4 Å². The molecule has 0 spiro atoms. The van der Waals surface area contributed by atoms with Gasteiger partial charge in [0, 0.05) is 42.4 Å². The van der Waals surface area contributed by atoms with Gasteiger partial charge in [-0.2, -0.15) is 0 Å². The van der Waals surface area contributed by atoms with Crippen LogP contribution in [0, 0.1) is 5.92 Å². The Morgan fingerprint density at radius 2 is 1.88 bits per heavy atom. The summed E-state index contributed by atoms with van der Waals surface area (Å²) in [4.78, 5) is 23.8. The Morgan fingerprint density at radius 1 is 1.04 bits per heavy atom. The van der Waals surface area contributed by atoms with Gasteiger partial charge in [-0.1, -0.05) is 36.8 Å². The predicted octanol–water partition coefficient (Wildman–Crippen LogP) is 3.65. The molecule has 1 aliphatic heterocycles. The van der Waals surface area contributed by atoms with Crippen molar-refractivity contribution in [2.24, 2.45) is 5.92 Å². The summed E-state index contributed by atoms with van der Waals surface area (Å²) in [6, 6.07) is 12.1. The summed E-state index contributed by atoms with van der Waals surface area (Å²) < 4.78 is 0. The van der Waals surface area contributed by atoms with Crippen molar-refractivity contribution in [1.82, 2.24) is 14.9 Å². The molecule has 1 atom stereocenters. The monoisotopic (exact) mass is 321 g/mol. The predicted molar refractivity (Wildman–Crippen MR) is 93.4 cm³/mol. The van der Waals surface area contributed by atoms with Crippen LogP contribution in [0.4, 0.5) is 0 Å². The van der Waals surface area contributed by atoms with E-state index >= 15 is 0 Å². The second kappa shape index (κ2) is 6.71. The molecular formula is C20H23N3O. The summed E-state index contributed by atoms with van der Waals surface area (Å²) in [5.41, 5.74) is 2.10. The molecule has 1 saturated heterocycles. The molecule has 2 aromatic rings. The van der Waals surface area contributed by atoms with E-state index in [0.29, 0.717) is 11.8 Å². The smallest absolute Gasteiger partial charge is 0.225 e. The molecule has 0 N–H and O–H groups in total. The van der Waals surface area contributed by atoms with Crippen LogP contribution in [0.15, 0.2) is 42.6 Å².